The van der Waals surface area contributed by atoms with Crippen LogP contribution in [0, 0.1) is 0 Å². The normalized spacial score (nSPS) is 11.9. The van der Waals surface area contributed by atoms with E-state index < -0.39 is 38.0 Å². The fourth-order valence-electron chi connectivity index (χ4n) is 6.07. The predicted octanol–water partition coefficient (Wildman–Crippen LogP) is 9.45. The molecule has 16 nitrogen and oxygen atoms in total. The molecule has 0 aliphatic carbocycles. The van der Waals surface area contributed by atoms with Gasteiger partial charge in [0, 0.05) is 47.0 Å². The number of hydrogen-bond donors (Lipinski definition) is 2. The summed E-state index contributed by atoms with van der Waals surface area (Å²) in [5, 5.41) is 21.7. The average Bonchev–Trinajstić information content (AvgIpc) is 3.17. The van der Waals surface area contributed by atoms with Crippen LogP contribution in [-0.4, -0.2) is 50.9 Å². The zero-order valence-electron chi connectivity index (χ0n) is 32.3. The Morgan fingerprint density at radius 2 is 1.12 bits per heavy atom. The van der Waals surface area contributed by atoms with Crippen LogP contribution in [0.3, 0.4) is 0 Å². The molecule has 4 aromatic carbocycles. The molecule has 0 saturated heterocycles. The number of phosphoric ester groups is 2. The molecule has 2 heterocycles. The van der Waals surface area contributed by atoms with Gasteiger partial charge >= 0.3 is 15.6 Å². The second-order valence-electron chi connectivity index (χ2n) is 12.1. The molecule has 18 heteroatoms. The fraction of sp³-hybridized carbons (Fsp3) is 0.250. The molecule has 6 aromatic rings. The SMILES string of the molecule is CCOP(=O)(OCC)Oc1cc(O)c2c(=O)cc(-c3ccc(OC)c(-c4c(OP(=O)(OCC)OCC)cc(O)c5c(=O)cc(-c6ccc(OC)cc6)oc45)c3)oc2c1. The highest BCUT2D eigenvalue weighted by atomic mass is 31.2. The van der Waals surface area contributed by atoms with E-state index in [4.69, 9.17) is 45.5 Å². The molecule has 6 rings (SSSR count). The molecule has 0 spiro atoms. The molecule has 0 unspecified atom stereocenters. The molecule has 0 aliphatic rings. The molecule has 2 aromatic heterocycles. The van der Waals surface area contributed by atoms with Crippen LogP contribution in [0.4, 0.5) is 0 Å². The van der Waals surface area contributed by atoms with E-state index in [1.807, 2.05) is 0 Å². The van der Waals surface area contributed by atoms with Crippen molar-refractivity contribution in [2.75, 3.05) is 40.6 Å². The maximum Gasteiger partial charge on any atom is 0.530 e. The molecule has 306 valence electrons. The molecular formula is C40H40O16P2. The Labute approximate surface area is 331 Å². The van der Waals surface area contributed by atoms with E-state index >= 15 is 0 Å². The first-order valence-corrected chi connectivity index (χ1v) is 20.9. The highest BCUT2D eigenvalue weighted by molar-refractivity contribution is 7.49. The predicted molar refractivity (Wildman–Crippen MR) is 214 cm³/mol. The summed E-state index contributed by atoms with van der Waals surface area (Å²) in [6, 6.07) is 17.1. The Morgan fingerprint density at radius 3 is 1.71 bits per heavy atom. The van der Waals surface area contributed by atoms with Gasteiger partial charge in [0.1, 0.15) is 62.4 Å². The highest BCUT2D eigenvalue weighted by Crippen LogP contribution is 2.55. The first-order chi connectivity index (χ1) is 27.8. The van der Waals surface area contributed by atoms with Gasteiger partial charge in [0.25, 0.3) is 0 Å². The van der Waals surface area contributed by atoms with E-state index in [1.54, 1.807) is 58.0 Å². The van der Waals surface area contributed by atoms with E-state index in [0.717, 1.165) is 18.2 Å². The Bertz CT molecular complexity index is 2670. The number of rotatable bonds is 17. The van der Waals surface area contributed by atoms with Gasteiger partial charge in [-0.05, 0) is 70.2 Å². The van der Waals surface area contributed by atoms with Crippen LogP contribution >= 0.6 is 15.6 Å². The van der Waals surface area contributed by atoms with Gasteiger partial charge in [-0.1, -0.05) is 0 Å². The van der Waals surface area contributed by atoms with Crippen LogP contribution in [-0.2, 0) is 27.2 Å². The largest absolute Gasteiger partial charge is 0.530 e. The highest BCUT2D eigenvalue weighted by Gasteiger charge is 2.33. The van der Waals surface area contributed by atoms with Gasteiger partial charge in [-0.25, -0.2) is 9.13 Å². The van der Waals surface area contributed by atoms with Crippen LogP contribution in [0.1, 0.15) is 27.7 Å². The van der Waals surface area contributed by atoms with Crippen molar-refractivity contribution in [2.24, 2.45) is 0 Å². The monoisotopic (exact) mass is 838 g/mol. The van der Waals surface area contributed by atoms with Gasteiger partial charge < -0.3 is 37.6 Å². The van der Waals surface area contributed by atoms with Crippen molar-refractivity contribution in [1.82, 2.24) is 0 Å². The van der Waals surface area contributed by atoms with E-state index in [2.05, 4.69) is 0 Å². The standard InChI is InChI=1S/C40H40O16P2/c1-7-49-57(45,50-8-2)55-26-18-28(41)38-29(42)20-34(53-35(38)19-26)24-13-16-32(48-6)27(17-24)37-36(56-58(46,51-9-3)52-10-4)22-31(44)39-30(43)21-33(54-40(37)39)23-11-14-25(47-5)15-12-23/h11-22,41,44H,7-10H2,1-6H3. The number of hydrogen-bond acceptors (Lipinski definition) is 16. The van der Waals surface area contributed by atoms with Crippen LogP contribution in [0.15, 0.2) is 91.2 Å². The number of phosphoric acid groups is 2. The topological polar surface area (TPSA) is 209 Å². The summed E-state index contributed by atoms with van der Waals surface area (Å²) in [6.45, 7) is 6.23. The lowest BCUT2D eigenvalue weighted by atomic mass is 9.96. The molecule has 0 radical (unpaired) electrons. The number of methoxy groups -OCH3 is 2. The lowest BCUT2D eigenvalue weighted by Crippen LogP contribution is -2.06. The molecule has 2 N–H and O–H groups in total. The maximum absolute atomic E-state index is 13.9. The third-order valence-corrected chi connectivity index (χ3v) is 11.6. The van der Waals surface area contributed by atoms with Gasteiger partial charge in [0.2, 0.25) is 0 Å². The van der Waals surface area contributed by atoms with Gasteiger partial charge in [0.15, 0.2) is 16.4 Å². The Balaban J connectivity index is 1.62. The van der Waals surface area contributed by atoms with Crippen molar-refractivity contribution in [3.8, 4) is 68.3 Å². The molecule has 0 amide bonds. The summed E-state index contributed by atoms with van der Waals surface area (Å²) < 4.78 is 83.3. The minimum absolute atomic E-state index is 0.0000411. The zero-order valence-corrected chi connectivity index (χ0v) is 34.0. The third kappa shape index (κ3) is 8.63. The van der Waals surface area contributed by atoms with Crippen molar-refractivity contribution in [1.29, 1.82) is 0 Å². The summed E-state index contributed by atoms with van der Waals surface area (Å²) in [5.41, 5.74) is -0.713. The number of phenols is 2. The summed E-state index contributed by atoms with van der Waals surface area (Å²) in [6.07, 6.45) is 0. The molecule has 58 heavy (non-hydrogen) atoms. The lowest BCUT2D eigenvalue weighted by Gasteiger charge is -2.21. The molecule has 0 atom stereocenters. The Morgan fingerprint density at radius 1 is 0.569 bits per heavy atom. The summed E-state index contributed by atoms with van der Waals surface area (Å²) in [7, 11) is -5.57. The van der Waals surface area contributed by atoms with Gasteiger partial charge in [0.05, 0.1) is 46.2 Å². The second kappa shape index (κ2) is 17.5. The van der Waals surface area contributed by atoms with Gasteiger partial charge in [-0.3, -0.25) is 27.7 Å². The fourth-order valence-corrected chi connectivity index (χ4v) is 8.45. The van der Waals surface area contributed by atoms with Crippen LogP contribution in [0.5, 0.6) is 34.5 Å². The quantitative estimate of drug-likeness (QED) is 0.0820. The zero-order chi connectivity index (χ0) is 41.8. The van der Waals surface area contributed by atoms with Crippen molar-refractivity contribution < 1.29 is 64.8 Å². The Hall–Kier alpha value is -5.60. The minimum Gasteiger partial charge on any atom is -0.507 e. The lowest BCUT2D eigenvalue weighted by molar-refractivity contribution is 0.166. The van der Waals surface area contributed by atoms with Gasteiger partial charge in [-0.15, -0.1) is 0 Å². The number of benzene rings is 4. The number of ether oxygens (including phenoxy) is 2. The average molecular weight is 839 g/mol. The minimum atomic E-state index is -4.36. The number of aromatic hydroxyl groups is 2. The smallest absolute Gasteiger partial charge is 0.507 e. The van der Waals surface area contributed by atoms with Crippen molar-refractivity contribution >= 4 is 37.6 Å². The first-order valence-electron chi connectivity index (χ1n) is 17.9. The van der Waals surface area contributed by atoms with E-state index in [1.165, 1.54) is 38.5 Å². The maximum atomic E-state index is 13.9. The summed E-state index contributed by atoms with van der Waals surface area (Å²) in [5.74, 6) is -0.705. The molecular weight excluding hydrogens is 798 g/mol. The van der Waals surface area contributed by atoms with E-state index in [9.17, 15) is 28.9 Å². The molecule has 0 saturated carbocycles. The second-order valence-corrected chi connectivity index (χ2v) is 15.3. The summed E-state index contributed by atoms with van der Waals surface area (Å²) >= 11 is 0. The number of phenolic OH excluding ortho intramolecular Hbond substituents is 2. The van der Waals surface area contributed by atoms with Crippen molar-refractivity contribution in [2.45, 2.75) is 27.7 Å². The van der Waals surface area contributed by atoms with E-state index in [-0.39, 0.29) is 93.8 Å². The van der Waals surface area contributed by atoms with Crippen LogP contribution < -0.4 is 29.4 Å². The third-order valence-electron chi connectivity index (χ3n) is 8.43. The summed E-state index contributed by atoms with van der Waals surface area (Å²) in [4.78, 5) is 27.3. The Kier molecular flexibility index (Phi) is 12.7. The number of fused-ring (bicyclic) bond motifs is 2. The first kappa shape index (κ1) is 42.0. The molecule has 0 fully saturated rings. The van der Waals surface area contributed by atoms with Gasteiger partial charge in [-0.2, -0.15) is 0 Å². The molecule has 0 aliphatic heterocycles. The van der Waals surface area contributed by atoms with Crippen LogP contribution in [0.2, 0.25) is 0 Å². The van der Waals surface area contributed by atoms with Crippen LogP contribution in [0.25, 0.3) is 55.7 Å². The van der Waals surface area contributed by atoms with Crippen molar-refractivity contribution in [3.63, 3.8) is 0 Å². The van der Waals surface area contributed by atoms with Crippen molar-refractivity contribution in [3.05, 3.63) is 93.2 Å². The van der Waals surface area contributed by atoms with E-state index in [0.29, 0.717) is 11.3 Å². The molecule has 0 bridgehead atoms.